The minimum Gasteiger partial charge on any atom is -0.478 e. The molecule has 3 aromatic rings. The third-order valence-corrected chi connectivity index (χ3v) is 3.54. The van der Waals surface area contributed by atoms with Crippen molar-refractivity contribution in [3.63, 3.8) is 0 Å². The van der Waals surface area contributed by atoms with Crippen molar-refractivity contribution in [2.45, 2.75) is 6.18 Å². The van der Waals surface area contributed by atoms with Crippen LogP contribution in [-0.2, 0) is 6.18 Å². The zero-order valence-corrected chi connectivity index (χ0v) is 13.7. The van der Waals surface area contributed by atoms with Crippen LogP contribution in [0.25, 0.3) is 0 Å². The molecule has 138 valence electrons. The maximum Gasteiger partial charge on any atom is 0.418 e. The molecule has 3 N–H and O–H groups in total. The fraction of sp³-hybridized carbons (Fsp3) is 0.0556. The molecule has 0 fully saturated rings. The molecular formula is C18H13F3N4O2. The molecule has 0 bridgehead atoms. The number of para-hydroxylation sites is 1. The van der Waals surface area contributed by atoms with Gasteiger partial charge in [0.15, 0.2) is 0 Å². The zero-order chi connectivity index (χ0) is 19.4. The number of aromatic carboxylic acids is 1. The molecule has 0 unspecified atom stereocenters. The summed E-state index contributed by atoms with van der Waals surface area (Å²) in [5, 5.41) is 14.5. The first-order chi connectivity index (χ1) is 12.8. The van der Waals surface area contributed by atoms with Crippen LogP contribution in [0, 0.1) is 0 Å². The van der Waals surface area contributed by atoms with Gasteiger partial charge in [-0.3, -0.25) is 0 Å². The number of carbonyl (C=O) groups is 1. The first-order valence-corrected chi connectivity index (χ1v) is 7.68. The van der Waals surface area contributed by atoms with Gasteiger partial charge < -0.3 is 15.7 Å². The smallest absolute Gasteiger partial charge is 0.418 e. The highest BCUT2D eigenvalue weighted by Crippen LogP contribution is 2.35. The molecule has 0 atom stereocenters. The summed E-state index contributed by atoms with van der Waals surface area (Å²) < 4.78 is 39.3. The fourth-order valence-electron chi connectivity index (χ4n) is 2.35. The maximum absolute atomic E-state index is 13.1. The summed E-state index contributed by atoms with van der Waals surface area (Å²) in [6.07, 6.45) is -3.32. The monoisotopic (exact) mass is 374 g/mol. The van der Waals surface area contributed by atoms with Crippen LogP contribution in [0.5, 0.6) is 0 Å². The van der Waals surface area contributed by atoms with Crippen LogP contribution in [0.15, 0.2) is 60.9 Å². The molecule has 0 radical (unpaired) electrons. The number of carboxylic acid groups (broad SMARTS) is 1. The van der Waals surface area contributed by atoms with Crippen molar-refractivity contribution in [3.05, 3.63) is 72.1 Å². The van der Waals surface area contributed by atoms with Gasteiger partial charge in [0.2, 0.25) is 0 Å². The molecule has 0 spiro atoms. The molecule has 0 saturated carbocycles. The van der Waals surface area contributed by atoms with E-state index in [0.717, 1.165) is 6.07 Å². The topological polar surface area (TPSA) is 87.1 Å². The van der Waals surface area contributed by atoms with Crippen molar-refractivity contribution in [3.8, 4) is 0 Å². The Balaban J connectivity index is 1.83. The molecule has 9 heteroatoms. The van der Waals surface area contributed by atoms with E-state index in [-0.39, 0.29) is 17.1 Å². The van der Waals surface area contributed by atoms with Crippen molar-refractivity contribution in [2.75, 3.05) is 10.6 Å². The Kier molecular flexibility index (Phi) is 4.93. The van der Waals surface area contributed by atoms with Gasteiger partial charge >= 0.3 is 12.1 Å². The number of nitrogens with one attached hydrogen (secondary N) is 2. The van der Waals surface area contributed by atoms with Crippen LogP contribution in [0.3, 0.4) is 0 Å². The van der Waals surface area contributed by atoms with Gasteiger partial charge in [-0.25, -0.2) is 14.8 Å². The minimum atomic E-state index is -4.50. The van der Waals surface area contributed by atoms with E-state index < -0.39 is 17.7 Å². The quantitative estimate of drug-likeness (QED) is 0.601. The predicted molar refractivity (Wildman–Crippen MR) is 93.4 cm³/mol. The van der Waals surface area contributed by atoms with Crippen molar-refractivity contribution >= 4 is 29.0 Å². The number of aromatic nitrogens is 2. The lowest BCUT2D eigenvalue weighted by atomic mass is 10.1. The molecule has 0 amide bonds. The largest absolute Gasteiger partial charge is 0.478 e. The van der Waals surface area contributed by atoms with E-state index in [1.165, 1.54) is 42.7 Å². The van der Waals surface area contributed by atoms with E-state index in [1.807, 2.05) is 0 Å². The molecule has 0 saturated heterocycles. The summed E-state index contributed by atoms with van der Waals surface area (Å²) in [6, 6.07) is 12.5. The molecule has 6 nitrogen and oxygen atoms in total. The molecule has 3 rings (SSSR count). The van der Waals surface area contributed by atoms with Gasteiger partial charge in [-0.2, -0.15) is 13.2 Å². The SMILES string of the molecule is O=C(O)c1cccc(Nc2cc(Nc3ccccc3C(F)(F)F)ncn2)c1. The van der Waals surface area contributed by atoms with E-state index in [4.69, 9.17) is 5.11 Å². The number of hydrogen-bond acceptors (Lipinski definition) is 5. The Bertz CT molecular complexity index is 977. The fourth-order valence-corrected chi connectivity index (χ4v) is 2.35. The average Bonchev–Trinajstić information content (AvgIpc) is 2.62. The van der Waals surface area contributed by atoms with E-state index in [9.17, 15) is 18.0 Å². The second-order valence-corrected chi connectivity index (χ2v) is 5.47. The van der Waals surface area contributed by atoms with Crippen molar-refractivity contribution in [1.82, 2.24) is 9.97 Å². The Morgan fingerprint density at radius 3 is 2.33 bits per heavy atom. The van der Waals surface area contributed by atoms with Crippen molar-refractivity contribution in [1.29, 1.82) is 0 Å². The van der Waals surface area contributed by atoms with Crippen molar-refractivity contribution in [2.24, 2.45) is 0 Å². The first-order valence-electron chi connectivity index (χ1n) is 7.68. The molecule has 1 heterocycles. The third-order valence-electron chi connectivity index (χ3n) is 3.54. The highest BCUT2D eigenvalue weighted by atomic mass is 19.4. The highest BCUT2D eigenvalue weighted by molar-refractivity contribution is 5.89. The summed E-state index contributed by atoms with van der Waals surface area (Å²) in [5.74, 6) is -0.634. The molecule has 2 aromatic carbocycles. The average molecular weight is 374 g/mol. The van der Waals surface area contributed by atoms with Crippen LogP contribution in [-0.4, -0.2) is 21.0 Å². The summed E-state index contributed by atoms with van der Waals surface area (Å²) in [4.78, 5) is 18.9. The van der Waals surface area contributed by atoms with Crippen LogP contribution in [0.2, 0.25) is 0 Å². The van der Waals surface area contributed by atoms with Crippen LogP contribution >= 0.6 is 0 Å². The molecule has 0 aliphatic carbocycles. The van der Waals surface area contributed by atoms with Gasteiger partial charge in [0.05, 0.1) is 16.8 Å². The Labute approximate surface area is 151 Å². The van der Waals surface area contributed by atoms with Crippen LogP contribution < -0.4 is 10.6 Å². The third kappa shape index (κ3) is 4.51. The predicted octanol–water partition coefficient (Wildman–Crippen LogP) is 4.68. The number of nitrogens with zero attached hydrogens (tertiary/aromatic N) is 2. The van der Waals surface area contributed by atoms with E-state index >= 15 is 0 Å². The molecule has 27 heavy (non-hydrogen) atoms. The second kappa shape index (κ2) is 7.32. The molecular weight excluding hydrogens is 361 g/mol. The maximum atomic E-state index is 13.1. The Hall–Kier alpha value is -3.62. The number of anilines is 4. The van der Waals surface area contributed by atoms with Gasteiger partial charge in [-0.15, -0.1) is 0 Å². The van der Waals surface area contributed by atoms with Gasteiger partial charge in [-0.1, -0.05) is 18.2 Å². The van der Waals surface area contributed by atoms with Gasteiger partial charge in [-0.05, 0) is 30.3 Å². The number of benzene rings is 2. The second-order valence-electron chi connectivity index (χ2n) is 5.47. The molecule has 1 aromatic heterocycles. The lowest BCUT2D eigenvalue weighted by Crippen LogP contribution is -2.09. The lowest BCUT2D eigenvalue weighted by molar-refractivity contribution is -0.136. The number of hydrogen-bond donors (Lipinski definition) is 3. The van der Waals surface area contributed by atoms with Gasteiger partial charge in [0.1, 0.15) is 18.0 Å². The standard InChI is InChI=1S/C18H13F3N4O2/c19-18(20,21)13-6-1-2-7-14(13)25-16-9-15(22-10-23-16)24-12-5-3-4-11(8-12)17(26)27/h1-10H,(H,26,27)(H2,22,23,24,25). The van der Waals surface area contributed by atoms with Crippen LogP contribution in [0.1, 0.15) is 15.9 Å². The summed E-state index contributed by atoms with van der Waals surface area (Å²) in [5.41, 5.74) is -0.392. The zero-order valence-electron chi connectivity index (χ0n) is 13.7. The Morgan fingerprint density at radius 2 is 1.63 bits per heavy atom. The van der Waals surface area contributed by atoms with Gasteiger partial charge in [0.25, 0.3) is 0 Å². The summed E-state index contributed by atoms with van der Waals surface area (Å²) >= 11 is 0. The van der Waals surface area contributed by atoms with Crippen molar-refractivity contribution < 1.29 is 23.1 Å². The number of carboxylic acids is 1. The lowest BCUT2D eigenvalue weighted by Gasteiger charge is -2.14. The summed E-state index contributed by atoms with van der Waals surface area (Å²) in [6.45, 7) is 0. The number of alkyl halides is 3. The van der Waals surface area contributed by atoms with E-state index in [2.05, 4.69) is 20.6 Å². The summed E-state index contributed by atoms with van der Waals surface area (Å²) in [7, 11) is 0. The normalized spacial score (nSPS) is 11.1. The van der Waals surface area contributed by atoms with Gasteiger partial charge in [0, 0.05) is 11.8 Å². The number of rotatable bonds is 5. The molecule has 0 aliphatic heterocycles. The minimum absolute atomic E-state index is 0.0894. The van der Waals surface area contributed by atoms with Crippen LogP contribution in [0.4, 0.5) is 36.2 Å². The van der Waals surface area contributed by atoms with E-state index in [0.29, 0.717) is 11.5 Å². The highest BCUT2D eigenvalue weighted by Gasteiger charge is 2.33. The van der Waals surface area contributed by atoms with E-state index in [1.54, 1.807) is 12.1 Å². The first kappa shape index (κ1) is 18.2. The molecule has 0 aliphatic rings. The number of halogens is 3. The Morgan fingerprint density at radius 1 is 0.926 bits per heavy atom.